The van der Waals surface area contributed by atoms with E-state index in [0.717, 1.165) is 0 Å². The molecule has 0 radical (unpaired) electrons. The minimum absolute atomic E-state index is 0.240. The van der Waals surface area contributed by atoms with Gasteiger partial charge in [0.25, 0.3) is 0 Å². The molecule has 0 heterocycles. The molecule has 0 aliphatic carbocycles. The number of carbonyl (C=O) groups is 1. The van der Waals surface area contributed by atoms with Gasteiger partial charge >= 0.3 is 5.97 Å². The van der Waals surface area contributed by atoms with E-state index in [2.05, 4.69) is 0 Å². The Bertz CT molecular complexity index is 493. The highest BCUT2D eigenvalue weighted by molar-refractivity contribution is 5.69. The third-order valence-corrected chi connectivity index (χ3v) is 3.25. The maximum atomic E-state index is 14.1. The molecular formula is C17H26FNO4. The van der Waals surface area contributed by atoms with Crippen molar-refractivity contribution in [1.29, 1.82) is 0 Å². The number of ether oxygens (including phenoxy) is 3. The summed E-state index contributed by atoms with van der Waals surface area (Å²) in [5.74, 6) is -0.411. The smallest absolute Gasteiger partial charge is 0.306 e. The second-order valence-corrected chi connectivity index (χ2v) is 5.53. The molecule has 1 aromatic rings. The molecule has 5 nitrogen and oxygen atoms in total. The van der Waals surface area contributed by atoms with E-state index >= 15 is 0 Å². The van der Waals surface area contributed by atoms with E-state index in [1.54, 1.807) is 26.2 Å². The lowest BCUT2D eigenvalue weighted by Crippen LogP contribution is -2.20. The number of halogens is 1. The minimum Gasteiger partial charge on any atom is -0.492 e. The fourth-order valence-electron chi connectivity index (χ4n) is 2.05. The zero-order valence-electron chi connectivity index (χ0n) is 14.3. The van der Waals surface area contributed by atoms with Gasteiger partial charge in [0.1, 0.15) is 24.3 Å². The van der Waals surface area contributed by atoms with Gasteiger partial charge in [-0.1, -0.05) is 6.07 Å². The number of hydrogen-bond donors (Lipinski definition) is 0. The first-order valence-corrected chi connectivity index (χ1v) is 7.70. The van der Waals surface area contributed by atoms with Crippen LogP contribution >= 0.6 is 0 Å². The molecule has 0 fully saturated rings. The van der Waals surface area contributed by atoms with Gasteiger partial charge in [-0.2, -0.15) is 0 Å². The van der Waals surface area contributed by atoms with Crippen molar-refractivity contribution < 1.29 is 23.4 Å². The summed E-state index contributed by atoms with van der Waals surface area (Å²) in [5.41, 5.74) is 0.270. The maximum absolute atomic E-state index is 14.1. The number of methoxy groups -OCH3 is 1. The number of esters is 1. The summed E-state index contributed by atoms with van der Waals surface area (Å²) in [7, 11) is 5.44. The quantitative estimate of drug-likeness (QED) is 0.488. The number of rotatable bonds is 10. The summed E-state index contributed by atoms with van der Waals surface area (Å²) in [6, 6.07) is 4.60. The molecule has 0 bridgehead atoms. The van der Waals surface area contributed by atoms with Crippen LogP contribution in [0.15, 0.2) is 18.2 Å². The fourth-order valence-corrected chi connectivity index (χ4v) is 2.05. The van der Waals surface area contributed by atoms with Crippen molar-refractivity contribution in [2.24, 2.45) is 0 Å². The van der Waals surface area contributed by atoms with Crippen LogP contribution in [0.2, 0.25) is 0 Å². The molecule has 6 heteroatoms. The van der Waals surface area contributed by atoms with E-state index in [0.29, 0.717) is 31.9 Å². The lowest BCUT2D eigenvalue weighted by Gasteiger charge is -2.19. The summed E-state index contributed by atoms with van der Waals surface area (Å²) in [6.45, 7) is 3.27. The highest BCUT2D eigenvalue weighted by Gasteiger charge is 2.20. The van der Waals surface area contributed by atoms with Crippen LogP contribution in [0, 0.1) is 5.82 Å². The van der Waals surface area contributed by atoms with Crippen LogP contribution in [0.4, 0.5) is 4.39 Å². The number of nitrogens with zero attached hydrogens (tertiary/aromatic N) is 1. The monoisotopic (exact) mass is 327 g/mol. The highest BCUT2D eigenvalue weighted by Crippen LogP contribution is 2.30. The summed E-state index contributed by atoms with van der Waals surface area (Å²) in [6.07, 6.45) is 0.107. The van der Waals surface area contributed by atoms with Crippen LogP contribution in [0.5, 0.6) is 5.75 Å². The summed E-state index contributed by atoms with van der Waals surface area (Å²) in [4.78, 5) is 13.8. The van der Waals surface area contributed by atoms with Gasteiger partial charge in [-0.05, 0) is 39.6 Å². The molecule has 23 heavy (non-hydrogen) atoms. The average Bonchev–Trinajstić information content (AvgIpc) is 2.47. The molecule has 0 amide bonds. The third-order valence-electron chi connectivity index (χ3n) is 3.25. The van der Waals surface area contributed by atoms with Crippen molar-refractivity contribution in [1.82, 2.24) is 4.90 Å². The number of likely N-dealkylation sites (N-methyl/N-ethyl adjacent to an activating group) is 1. The van der Waals surface area contributed by atoms with Crippen LogP contribution in [0.1, 0.15) is 31.4 Å². The van der Waals surface area contributed by atoms with E-state index in [1.807, 2.05) is 19.0 Å². The van der Waals surface area contributed by atoms with Crippen LogP contribution < -0.4 is 4.74 Å². The first kappa shape index (κ1) is 19.4. The molecule has 0 aliphatic heterocycles. The van der Waals surface area contributed by atoms with Crippen molar-refractivity contribution in [3.05, 3.63) is 29.6 Å². The van der Waals surface area contributed by atoms with Gasteiger partial charge in [0.05, 0.1) is 5.56 Å². The van der Waals surface area contributed by atoms with E-state index in [-0.39, 0.29) is 18.0 Å². The van der Waals surface area contributed by atoms with Gasteiger partial charge in [-0.15, -0.1) is 0 Å². The molecule has 1 rings (SSSR count). The number of benzene rings is 1. The van der Waals surface area contributed by atoms with Crippen molar-refractivity contribution in [2.45, 2.75) is 25.9 Å². The Morgan fingerprint density at radius 2 is 2.04 bits per heavy atom. The van der Waals surface area contributed by atoms with Gasteiger partial charge in [0.2, 0.25) is 0 Å². The Hall–Kier alpha value is -1.66. The molecule has 0 N–H and O–H groups in total. The summed E-state index contributed by atoms with van der Waals surface area (Å²) in [5, 5.41) is 0. The summed E-state index contributed by atoms with van der Waals surface area (Å²) < 4.78 is 30.0. The largest absolute Gasteiger partial charge is 0.492 e. The minimum atomic E-state index is -0.708. The molecule has 0 aliphatic rings. The van der Waals surface area contributed by atoms with Gasteiger partial charge in [0.15, 0.2) is 0 Å². The molecule has 130 valence electrons. The Morgan fingerprint density at radius 1 is 1.30 bits per heavy atom. The predicted molar refractivity (Wildman–Crippen MR) is 86.1 cm³/mol. The van der Waals surface area contributed by atoms with Crippen molar-refractivity contribution in [2.75, 3.05) is 41.0 Å². The molecule has 0 spiro atoms. The Kier molecular flexibility index (Phi) is 8.58. The van der Waals surface area contributed by atoms with E-state index < -0.39 is 11.9 Å². The Balaban J connectivity index is 2.70. The molecule has 0 saturated heterocycles. The maximum Gasteiger partial charge on any atom is 0.306 e. The van der Waals surface area contributed by atoms with Crippen molar-refractivity contribution >= 4 is 5.97 Å². The lowest BCUT2D eigenvalue weighted by atomic mass is 10.1. The average molecular weight is 327 g/mol. The molecule has 0 saturated carbocycles. The Morgan fingerprint density at radius 3 is 2.70 bits per heavy atom. The zero-order valence-corrected chi connectivity index (χ0v) is 14.3. The first-order chi connectivity index (χ1) is 11.0. The molecule has 0 unspecified atom stereocenters. The molecule has 0 aromatic heterocycles. The second kappa shape index (κ2) is 10.2. The second-order valence-electron chi connectivity index (χ2n) is 5.53. The number of hydrogen-bond acceptors (Lipinski definition) is 5. The molecule has 1 aromatic carbocycles. The van der Waals surface area contributed by atoms with Gasteiger partial charge in [-0.25, -0.2) is 4.39 Å². The van der Waals surface area contributed by atoms with E-state index in [4.69, 9.17) is 14.2 Å². The molecular weight excluding hydrogens is 301 g/mol. The Labute approximate surface area is 137 Å². The fraction of sp³-hybridized carbons (Fsp3) is 0.588. The zero-order chi connectivity index (χ0) is 17.2. The van der Waals surface area contributed by atoms with Crippen molar-refractivity contribution in [3.8, 4) is 5.75 Å². The molecule has 1 atom stereocenters. The van der Waals surface area contributed by atoms with Crippen molar-refractivity contribution in [3.63, 3.8) is 0 Å². The van der Waals surface area contributed by atoms with Crippen LogP contribution in [0.25, 0.3) is 0 Å². The van der Waals surface area contributed by atoms with Gasteiger partial charge in [-0.3, -0.25) is 4.79 Å². The topological polar surface area (TPSA) is 48.0 Å². The lowest BCUT2D eigenvalue weighted by molar-refractivity contribution is -0.149. The predicted octanol–water partition coefficient (Wildman–Crippen LogP) is 2.80. The standard InChI is InChI=1S/C17H26FNO4/c1-13(23-16(20)9-6-11-21-4)17-14(18)7-5-8-15(17)22-12-10-19(2)3/h5,7-8,13H,6,9-12H2,1-4H3/t13-/m1/s1. The third kappa shape index (κ3) is 6.97. The van der Waals surface area contributed by atoms with Crippen LogP contribution in [-0.4, -0.2) is 51.8 Å². The van der Waals surface area contributed by atoms with Crippen LogP contribution in [0.3, 0.4) is 0 Å². The van der Waals surface area contributed by atoms with Crippen LogP contribution in [-0.2, 0) is 14.3 Å². The highest BCUT2D eigenvalue weighted by atomic mass is 19.1. The van der Waals surface area contributed by atoms with Gasteiger partial charge in [0, 0.05) is 26.7 Å². The normalized spacial score (nSPS) is 12.3. The summed E-state index contributed by atoms with van der Waals surface area (Å²) >= 11 is 0. The first-order valence-electron chi connectivity index (χ1n) is 7.70. The number of carbonyl (C=O) groups excluding carboxylic acids is 1. The van der Waals surface area contributed by atoms with E-state index in [9.17, 15) is 9.18 Å². The SMILES string of the molecule is COCCCC(=O)O[C@H](C)c1c(F)cccc1OCCN(C)C. The van der Waals surface area contributed by atoms with Gasteiger partial charge < -0.3 is 19.1 Å². The van der Waals surface area contributed by atoms with E-state index in [1.165, 1.54) is 6.07 Å².